The number of nitrogens with one attached hydrogen (secondary N) is 1. The van der Waals surface area contributed by atoms with E-state index in [1.807, 2.05) is 13.0 Å². The van der Waals surface area contributed by atoms with Crippen LogP contribution in [0.3, 0.4) is 0 Å². The molecule has 0 spiro atoms. The predicted molar refractivity (Wildman–Crippen MR) is 63.2 cm³/mol. The molecule has 0 amide bonds. The summed E-state index contributed by atoms with van der Waals surface area (Å²) in [6, 6.07) is 1.81. The predicted octanol–water partition coefficient (Wildman–Crippen LogP) is 2.69. The Kier molecular flexibility index (Phi) is 5.22. The molecule has 0 unspecified atom stereocenters. The van der Waals surface area contributed by atoms with Crippen molar-refractivity contribution in [2.45, 2.75) is 33.1 Å². The Balaban J connectivity index is 2.58. The van der Waals surface area contributed by atoms with Crippen LogP contribution in [0.2, 0.25) is 0 Å². The van der Waals surface area contributed by atoms with Crippen molar-refractivity contribution in [2.24, 2.45) is 0 Å². The van der Waals surface area contributed by atoms with Crippen LogP contribution in [-0.4, -0.2) is 31.2 Å². The molecule has 1 aromatic rings. The fourth-order valence-electron chi connectivity index (χ4n) is 1.73. The van der Waals surface area contributed by atoms with Gasteiger partial charge in [-0.25, -0.2) is 0 Å². The van der Waals surface area contributed by atoms with Crippen LogP contribution >= 0.6 is 0 Å². The number of halogens is 3. The molecule has 1 heterocycles. The second kappa shape index (κ2) is 6.24. The summed E-state index contributed by atoms with van der Waals surface area (Å²) in [6.45, 7) is 4.49. The highest BCUT2D eigenvalue weighted by Crippen LogP contribution is 2.20. The molecule has 104 valence electrons. The molecule has 0 radical (unpaired) electrons. The van der Waals surface area contributed by atoms with E-state index < -0.39 is 12.7 Å². The number of rotatable bonds is 6. The maximum absolute atomic E-state index is 12.2. The molecule has 3 nitrogen and oxygen atoms in total. The van der Waals surface area contributed by atoms with E-state index in [1.54, 1.807) is 6.92 Å². The standard InChI is InChI=1S/C12H19F3N2O/c1-4-16-6-11-5-10(9(2)18-11)7-17(3)8-12(13,14)15/h5,16H,4,6-8H2,1-3H3. The summed E-state index contributed by atoms with van der Waals surface area (Å²) < 4.78 is 42.1. The summed E-state index contributed by atoms with van der Waals surface area (Å²) in [4.78, 5) is 1.23. The number of aryl methyl sites for hydroxylation is 1. The zero-order valence-electron chi connectivity index (χ0n) is 10.9. The Morgan fingerprint density at radius 1 is 1.39 bits per heavy atom. The highest BCUT2D eigenvalue weighted by molar-refractivity contribution is 5.20. The maximum atomic E-state index is 12.2. The lowest BCUT2D eigenvalue weighted by atomic mass is 10.2. The van der Waals surface area contributed by atoms with Gasteiger partial charge in [0, 0.05) is 12.1 Å². The van der Waals surface area contributed by atoms with E-state index >= 15 is 0 Å². The summed E-state index contributed by atoms with van der Waals surface area (Å²) in [5.74, 6) is 1.43. The maximum Gasteiger partial charge on any atom is 0.401 e. The van der Waals surface area contributed by atoms with Gasteiger partial charge in [0.25, 0.3) is 0 Å². The summed E-state index contributed by atoms with van der Waals surface area (Å²) in [5, 5.41) is 3.11. The van der Waals surface area contributed by atoms with E-state index in [9.17, 15) is 13.2 Å². The Labute approximate surface area is 105 Å². The molecule has 0 atom stereocenters. The zero-order valence-corrected chi connectivity index (χ0v) is 10.9. The molecule has 0 saturated heterocycles. The molecule has 0 bridgehead atoms. The molecule has 18 heavy (non-hydrogen) atoms. The van der Waals surface area contributed by atoms with Gasteiger partial charge in [0.2, 0.25) is 0 Å². The molecule has 0 saturated carbocycles. The SMILES string of the molecule is CCNCc1cc(CN(C)CC(F)(F)F)c(C)o1. The molecule has 0 aliphatic rings. The van der Waals surface area contributed by atoms with E-state index in [4.69, 9.17) is 4.42 Å². The molecule has 6 heteroatoms. The molecule has 0 aromatic carbocycles. The topological polar surface area (TPSA) is 28.4 Å². The third-order valence-corrected chi connectivity index (χ3v) is 2.51. The molecule has 0 aliphatic carbocycles. The van der Waals surface area contributed by atoms with Crippen LogP contribution < -0.4 is 5.32 Å². The first-order valence-corrected chi connectivity index (χ1v) is 5.86. The highest BCUT2D eigenvalue weighted by Gasteiger charge is 2.29. The fourth-order valence-corrected chi connectivity index (χ4v) is 1.73. The molecule has 0 aliphatic heterocycles. The highest BCUT2D eigenvalue weighted by atomic mass is 19.4. The van der Waals surface area contributed by atoms with Crippen LogP contribution in [0.4, 0.5) is 13.2 Å². The minimum absolute atomic E-state index is 0.237. The van der Waals surface area contributed by atoms with Crippen LogP contribution in [-0.2, 0) is 13.1 Å². The van der Waals surface area contributed by atoms with Crippen molar-refractivity contribution in [2.75, 3.05) is 20.1 Å². The lowest BCUT2D eigenvalue weighted by molar-refractivity contribution is -0.144. The summed E-state index contributed by atoms with van der Waals surface area (Å²) in [6.07, 6.45) is -4.17. The van der Waals surface area contributed by atoms with Crippen LogP contribution in [0.15, 0.2) is 10.5 Å². The number of furan rings is 1. The van der Waals surface area contributed by atoms with Gasteiger partial charge in [0.05, 0.1) is 13.1 Å². The van der Waals surface area contributed by atoms with Crippen LogP contribution in [0, 0.1) is 6.92 Å². The van der Waals surface area contributed by atoms with E-state index in [0.29, 0.717) is 12.3 Å². The second-order valence-corrected chi connectivity index (χ2v) is 4.36. The van der Waals surface area contributed by atoms with Gasteiger partial charge in [-0.15, -0.1) is 0 Å². The van der Waals surface area contributed by atoms with Gasteiger partial charge in [0.1, 0.15) is 11.5 Å². The summed E-state index contributed by atoms with van der Waals surface area (Å²) in [7, 11) is 1.45. The number of hydrogen-bond donors (Lipinski definition) is 1. The van der Waals surface area contributed by atoms with Gasteiger partial charge in [-0.3, -0.25) is 4.90 Å². The largest absolute Gasteiger partial charge is 0.465 e. The number of alkyl halides is 3. The normalized spacial score (nSPS) is 12.4. The minimum atomic E-state index is -4.17. The van der Waals surface area contributed by atoms with Gasteiger partial charge >= 0.3 is 6.18 Å². The Morgan fingerprint density at radius 2 is 2.06 bits per heavy atom. The van der Waals surface area contributed by atoms with Crippen LogP contribution in [0.5, 0.6) is 0 Å². The van der Waals surface area contributed by atoms with Crippen molar-refractivity contribution < 1.29 is 17.6 Å². The van der Waals surface area contributed by atoms with Crippen molar-refractivity contribution >= 4 is 0 Å². The molecule has 0 fully saturated rings. The molecular weight excluding hydrogens is 245 g/mol. The molecule has 1 N–H and O–H groups in total. The molecule has 1 aromatic heterocycles. The average Bonchev–Trinajstić information content (AvgIpc) is 2.53. The van der Waals surface area contributed by atoms with Gasteiger partial charge in [-0.05, 0) is 26.6 Å². The first-order chi connectivity index (χ1) is 8.31. The Bertz CT molecular complexity index is 374. The van der Waals surface area contributed by atoms with E-state index in [-0.39, 0.29) is 6.54 Å². The van der Waals surface area contributed by atoms with Gasteiger partial charge < -0.3 is 9.73 Å². The molecular formula is C12H19F3N2O. The monoisotopic (exact) mass is 264 g/mol. The van der Waals surface area contributed by atoms with Crippen LogP contribution in [0.25, 0.3) is 0 Å². The first-order valence-electron chi connectivity index (χ1n) is 5.86. The Hall–Kier alpha value is -1.01. The summed E-state index contributed by atoms with van der Waals surface area (Å²) >= 11 is 0. The number of nitrogens with zero attached hydrogens (tertiary/aromatic N) is 1. The van der Waals surface area contributed by atoms with Crippen molar-refractivity contribution in [3.05, 3.63) is 23.2 Å². The second-order valence-electron chi connectivity index (χ2n) is 4.36. The lowest BCUT2D eigenvalue weighted by Gasteiger charge is -2.17. The third kappa shape index (κ3) is 5.10. The quantitative estimate of drug-likeness (QED) is 0.856. The van der Waals surface area contributed by atoms with Gasteiger partial charge in [-0.1, -0.05) is 6.92 Å². The zero-order chi connectivity index (χ0) is 13.8. The van der Waals surface area contributed by atoms with E-state index in [0.717, 1.165) is 17.9 Å². The summed E-state index contributed by atoms with van der Waals surface area (Å²) in [5.41, 5.74) is 0.801. The average molecular weight is 264 g/mol. The lowest BCUT2D eigenvalue weighted by Crippen LogP contribution is -2.30. The fraction of sp³-hybridized carbons (Fsp3) is 0.667. The van der Waals surface area contributed by atoms with Crippen LogP contribution in [0.1, 0.15) is 24.0 Å². The van der Waals surface area contributed by atoms with Gasteiger partial charge in [0.15, 0.2) is 0 Å². The van der Waals surface area contributed by atoms with E-state index in [1.165, 1.54) is 11.9 Å². The van der Waals surface area contributed by atoms with Crippen molar-refractivity contribution in [1.29, 1.82) is 0 Å². The van der Waals surface area contributed by atoms with E-state index in [2.05, 4.69) is 5.32 Å². The van der Waals surface area contributed by atoms with Crippen molar-refractivity contribution in [3.63, 3.8) is 0 Å². The Morgan fingerprint density at radius 3 is 2.61 bits per heavy atom. The van der Waals surface area contributed by atoms with Crippen molar-refractivity contribution in [3.8, 4) is 0 Å². The molecule has 1 rings (SSSR count). The van der Waals surface area contributed by atoms with Crippen molar-refractivity contribution in [1.82, 2.24) is 10.2 Å². The smallest absolute Gasteiger partial charge is 0.401 e. The first kappa shape index (κ1) is 15.0. The number of hydrogen-bond acceptors (Lipinski definition) is 3. The van der Waals surface area contributed by atoms with Gasteiger partial charge in [-0.2, -0.15) is 13.2 Å². The minimum Gasteiger partial charge on any atom is -0.465 e. The third-order valence-electron chi connectivity index (χ3n) is 2.51.